The summed E-state index contributed by atoms with van der Waals surface area (Å²) in [6.45, 7) is 2.94. The van der Waals surface area contributed by atoms with Gasteiger partial charge in [0.2, 0.25) is 11.6 Å². The van der Waals surface area contributed by atoms with Gasteiger partial charge in [0, 0.05) is 11.1 Å². The largest absolute Gasteiger partial charge is 0.491 e. The van der Waals surface area contributed by atoms with Crippen LogP contribution in [0.3, 0.4) is 0 Å². The van der Waals surface area contributed by atoms with Gasteiger partial charge in [0.1, 0.15) is 12.4 Å². The third kappa shape index (κ3) is 5.74. The van der Waals surface area contributed by atoms with Crippen molar-refractivity contribution in [3.8, 4) is 11.5 Å². The van der Waals surface area contributed by atoms with Crippen molar-refractivity contribution in [1.29, 1.82) is 0 Å². The van der Waals surface area contributed by atoms with Crippen LogP contribution < -0.4 is 9.47 Å². The van der Waals surface area contributed by atoms with E-state index >= 15 is 0 Å². The Kier molecular flexibility index (Phi) is 8.37. The van der Waals surface area contributed by atoms with Gasteiger partial charge in [-0.2, -0.15) is 8.78 Å². The maximum Gasteiger partial charge on any atom is 0.204 e. The van der Waals surface area contributed by atoms with Crippen LogP contribution in [-0.2, 0) is 6.61 Å². The minimum atomic E-state index is -1.20. The molecule has 0 aliphatic heterocycles. The first-order valence-electron chi connectivity index (χ1n) is 12.4. The number of halogens is 5. The van der Waals surface area contributed by atoms with Gasteiger partial charge in [0.15, 0.2) is 23.1 Å². The smallest absolute Gasteiger partial charge is 0.204 e. The lowest BCUT2D eigenvalue weighted by Crippen LogP contribution is -2.15. The number of benzene rings is 3. The van der Waals surface area contributed by atoms with Crippen molar-refractivity contribution in [3.63, 3.8) is 0 Å². The highest BCUT2D eigenvalue weighted by molar-refractivity contribution is 5.36. The van der Waals surface area contributed by atoms with Crippen molar-refractivity contribution in [1.82, 2.24) is 0 Å². The molecule has 4 rings (SSSR count). The van der Waals surface area contributed by atoms with Crippen LogP contribution in [0.4, 0.5) is 22.0 Å². The molecule has 3 aromatic carbocycles. The molecule has 0 bridgehead atoms. The third-order valence-electron chi connectivity index (χ3n) is 7.00. The molecule has 1 atom stereocenters. The Hall–Kier alpha value is -3.13. The summed E-state index contributed by atoms with van der Waals surface area (Å²) in [5.74, 6) is -5.46. The number of ether oxygens (including phenoxy) is 2. The first-order valence-corrected chi connectivity index (χ1v) is 12.4. The van der Waals surface area contributed by atoms with E-state index in [1.165, 1.54) is 31.2 Å². The molecule has 0 amide bonds. The summed E-state index contributed by atoms with van der Waals surface area (Å²) < 4.78 is 82.3. The molecule has 0 aromatic heterocycles. The molecule has 198 valence electrons. The summed E-state index contributed by atoms with van der Waals surface area (Å²) in [5.41, 5.74) is 1.22. The molecular weight excluding hydrogens is 491 g/mol. The lowest BCUT2D eigenvalue weighted by molar-refractivity contribution is 0.192. The third-order valence-corrected chi connectivity index (χ3v) is 7.00. The summed E-state index contributed by atoms with van der Waals surface area (Å²) >= 11 is 0. The standard InChI is InChI=1S/C29H29F5O3/c1-3-36-24-12-13-25(29(34)28(24)33)37-15-20-9-8-19(14-23(20)30)17-4-6-18(7-5-17)22-11-10-21(16(2)35)26(31)27(22)32/h8-14,16-18,35H,3-7,15H2,1-2H3. The SMILES string of the molecule is CCOc1ccc(OCc2ccc(C3CCC(c4ccc(C(C)O)c(F)c4F)CC3)cc2F)c(F)c1F. The fourth-order valence-electron chi connectivity index (χ4n) is 4.94. The van der Waals surface area contributed by atoms with Crippen molar-refractivity contribution in [2.24, 2.45) is 0 Å². The second kappa shape index (κ2) is 11.5. The minimum absolute atomic E-state index is 0.0583. The van der Waals surface area contributed by atoms with Gasteiger partial charge in [-0.3, -0.25) is 0 Å². The number of aliphatic hydroxyl groups is 1. The van der Waals surface area contributed by atoms with Crippen molar-refractivity contribution in [2.45, 2.75) is 64.1 Å². The molecule has 8 heteroatoms. The molecule has 1 aliphatic rings. The molecule has 1 saturated carbocycles. The second-order valence-electron chi connectivity index (χ2n) is 9.36. The molecule has 1 aliphatic carbocycles. The first-order chi connectivity index (χ1) is 17.7. The summed E-state index contributed by atoms with van der Waals surface area (Å²) in [4.78, 5) is 0. The van der Waals surface area contributed by atoms with Crippen LogP contribution >= 0.6 is 0 Å². The van der Waals surface area contributed by atoms with Crippen molar-refractivity contribution < 1.29 is 36.5 Å². The zero-order chi connectivity index (χ0) is 26.7. The normalized spacial score (nSPS) is 18.5. The summed E-state index contributed by atoms with van der Waals surface area (Å²) in [5, 5.41) is 9.59. The molecule has 1 unspecified atom stereocenters. The zero-order valence-electron chi connectivity index (χ0n) is 20.7. The zero-order valence-corrected chi connectivity index (χ0v) is 20.7. The number of aliphatic hydroxyl groups excluding tert-OH is 1. The molecule has 1 N–H and O–H groups in total. The van der Waals surface area contributed by atoms with Crippen molar-refractivity contribution >= 4 is 0 Å². The van der Waals surface area contributed by atoms with Crippen LogP contribution in [0.5, 0.6) is 11.5 Å². The topological polar surface area (TPSA) is 38.7 Å². The highest BCUT2D eigenvalue weighted by Gasteiger charge is 2.28. The predicted molar refractivity (Wildman–Crippen MR) is 129 cm³/mol. The summed E-state index contributed by atoms with van der Waals surface area (Å²) in [6.07, 6.45) is 1.49. The monoisotopic (exact) mass is 520 g/mol. The molecule has 3 aromatic rings. The number of hydrogen-bond donors (Lipinski definition) is 1. The number of hydrogen-bond acceptors (Lipinski definition) is 3. The van der Waals surface area contributed by atoms with E-state index in [-0.39, 0.29) is 47.7 Å². The summed E-state index contributed by atoms with van der Waals surface area (Å²) in [6, 6.07) is 10.2. The first kappa shape index (κ1) is 26.9. The van der Waals surface area contributed by atoms with Crippen LogP contribution in [0.15, 0.2) is 42.5 Å². The highest BCUT2D eigenvalue weighted by Crippen LogP contribution is 2.42. The Labute approximate surface area is 212 Å². The maximum atomic E-state index is 14.8. The van der Waals surface area contributed by atoms with E-state index in [1.54, 1.807) is 25.1 Å². The predicted octanol–water partition coefficient (Wildman–Crippen LogP) is 7.85. The minimum Gasteiger partial charge on any atom is -0.491 e. The van der Waals surface area contributed by atoms with Gasteiger partial charge >= 0.3 is 0 Å². The van der Waals surface area contributed by atoms with Gasteiger partial charge < -0.3 is 14.6 Å². The molecule has 37 heavy (non-hydrogen) atoms. The van der Waals surface area contributed by atoms with Gasteiger partial charge in [-0.25, -0.2) is 13.2 Å². The lowest BCUT2D eigenvalue weighted by Gasteiger charge is -2.29. The number of rotatable bonds is 8. The molecule has 0 heterocycles. The van der Waals surface area contributed by atoms with Crippen LogP contribution in [-0.4, -0.2) is 11.7 Å². The molecule has 1 fully saturated rings. The Bertz CT molecular complexity index is 1250. The Morgan fingerprint density at radius 1 is 0.784 bits per heavy atom. The van der Waals surface area contributed by atoms with Crippen molar-refractivity contribution in [3.05, 3.63) is 93.8 Å². The molecule has 0 saturated heterocycles. The van der Waals surface area contributed by atoms with Crippen LogP contribution in [0.2, 0.25) is 0 Å². The van der Waals surface area contributed by atoms with E-state index in [1.807, 2.05) is 0 Å². The van der Waals surface area contributed by atoms with E-state index < -0.39 is 35.2 Å². The van der Waals surface area contributed by atoms with Gasteiger partial charge in [-0.15, -0.1) is 0 Å². The van der Waals surface area contributed by atoms with Crippen LogP contribution in [0.25, 0.3) is 0 Å². The van der Waals surface area contributed by atoms with Crippen molar-refractivity contribution in [2.75, 3.05) is 6.61 Å². The Balaban J connectivity index is 1.39. The maximum absolute atomic E-state index is 14.8. The lowest BCUT2D eigenvalue weighted by atomic mass is 9.75. The van der Waals surface area contributed by atoms with E-state index in [0.717, 1.165) is 5.56 Å². The Morgan fingerprint density at radius 2 is 1.41 bits per heavy atom. The quantitative estimate of drug-likeness (QED) is 0.308. The molecule has 3 nitrogen and oxygen atoms in total. The fraction of sp³-hybridized carbons (Fsp3) is 0.379. The highest BCUT2D eigenvalue weighted by atomic mass is 19.2. The van der Waals surface area contributed by atoms with E-state index in [9.17, 15) is 27.1 Å². The average molecular weight is 521 g/mol. The second-order valence-corrected chi connectivity index (χ2v) is 9.36. The molecule has 0 radical (unpaired) electrons. The van der Waals surface area contributed by atoms with Gasteiger partial charge in [0.05, 0.1) is 12.7 Å². The molecular formula is C29H29F5O3. The Morgan fingerprint density at radius 3 is 2.00 bits per heavy atom. The van der Waals surface area contributed by atoms with Gasteiger partial charge in [0.25, 0.3) is 0 Å². The van der Waals surface area contributed by atoms with E-state index in [2.05, 4.69) is 0 Å². The van der Waals surface area contributed by atoms with E-state index in [4.69, 9.17) is 9.47 Å². The average Bonchev–Trinajstić information content (AvgIpc) is 2.88. The van der Waals surface area contributed by atoms with Crippen LogP contribution in [0.1, 0.15) is 79.7 Å². The molecule has 0 spiro atoms. The van der Waals surface area contributed by atoms with E-state index in [0.29, 0.717) is 31.2 Å². The van der Waals surface area contributed by atoms with Gasteiger partial charge in [-0.05, 0) is 80.7 Å². The summed E-state index contributed by atoms with van der Waals surface area (Å²) in [7, 11) is 0. The fourth-order valence-corrected chi connectivity index (χ4v) is 4.94. The van der Waals surface area contributed by atoms with Gasteiger partial charge in [-0.1, -0.05) is 24.3 Å². The van der Waals surface area contributed by atoms with Crippen LogP contribution in [0, 0.1) is 29.1 Å².